The van der Waals surface area contributed by atoms with Crippen molar-refractivity contribution in [3.05, 3.63) is 46.4 Å². The van der Waals surface area contributed by atoms with Crippen LogP contribution in [0.2, 0.25) is 0 Å². The highest BCUT2D eigenvalue weighted by Crippen LogP contribution is 2.27. The molecule has 0 aliphatic carbocycles. The Bertz CT molecular complexity index is 1030. The molecule has 31 heavy (non-hydrogen) atoms. The van der Waals surface area contributed by atoms with Gasteiger partial charge in [0.1, 0.15) is 10.7 Å². The zero-order valence-electron chi connectivity index (χ0n) is 17.1. The standard InChI is InChI=1S/C20H23N7O3S/c1-13-12-31-18(22-13)10-16(28)24-25-17(29)11-27-8-5-14(6-9-27)20-23-19(26-30-20)15-4-2-3-7-21-15/h2-4,7,12,14H,5-6,8-11H2,1H3,(H,24,28)(H,25,29). The molecule has 1 fully saturated rings. The zero-order valence-corrected chi connectivity index (χ0v) is 17.9. The first-order valence-corrected chi connectivity index (χ1v) is 10.9. The van der Waals surface area contributed by atoms with Gasteiger partial charge in [-0.1, -0.05) is 11.2 Å². The average molecular weight is 442 g/mol. The van der Waals surface area contributed by atoms with Crippen LogP contribution in [0.1, 0.15) is 35.4 Å². The first-order chi connectivity index (χ1) is 15.1. The molecule has 0 unspecified atom stereocenters. The molecule has 1 aliphatic rings. The number of carbonyl (C=O) groups is 2. The lowest BCUT2D eigenvalue weighted by atomic mass is 9.97. The predicted molar refractivity (Wildman–Crippen MR) is 113 cm³/mol. The number of aromatic nitrogens is 4. The Balaban J connectivity index is 1.19. The summed E-state index contributed by atoms with van der Waals surface area (Å²) in [6.45, 7) is 3.55. The van der Waals surface area contributed by atoms with Gasteiger partial charge in [0.05, 0.1) is 13.0 Å². The molecule has 0 aromatic carbocycles. The third-order valence-electron chi connectivity index (χ3n) is 4.96. The van der Waals surface area contributed by atoms with Crippen LogP contribution >= 0.6 is 11.3 Å². The minimum Gasteiger partial charge on any atom is -0.339 e. The van der Waals surface area contributed by atoms with Crippen molar-refractivity contribution >= 4 is 23.2 Å². The molecule has 2 N–H and O–H groups in total. The summed E-state index contributed by atoms with van der Waals surface area (Å²) in [5.74, 6) is 0.708. The van der Waals surface area contributed by atoms with E-state index in [4.69, 9.17) is 4.52 Å². The van der Waals surface area contributed by atoms with Crippen LogP contribution in [0.15, 0.2) is 34.3 Å². The number of thiazole rings is 1. The molecule has 0 spiro atoms. The van der Waals surface area contributed by atoms with Crippen molar-refractivity contribution in [2.75, 3.05) is 19.6 Å². The first kappa shape index (κ1) is 21.1. The molecule has 4 heterocycles. The number of piperidine rings is 1. The maximum atomic E-state index is 12.2. The van der Waals surface area contributed by atoms with E-state index in [0.29, 0.717) is 17.4 Å². The third kappa shape index (κ3) is 5.70. The van der Waals surface area contributed by atoms with Gasteiger partial charge >= 0.3 is 0 Å². The Morgan fingerprint density at radius 3 is 2.71 bits per heavy atom. The van der Waals surface area contributed by atoms with Gasteiger partial charge < -0.3 is 4.52 Å². The lowest BCUT2D eigenvalue weighted by Crippen LogP contribution is -2.48. The number of likely N-dealkylation sites (tertiary alicyclic amines) is 1. The molecule has 3 aromatic heterocycles. The van der Waals surface area contributed by atoms with Gasteiger partial charge in [0, 0.05) is 23.2 Å². The highest BCUT2D eigenvalue weighted by molar-refractivity contribution is 7.09. The normalized spacial score (nSPS) is 15.0. The Hall–Kier alpha value is -3.18. The molecular formula is C20H23N7O3S. The number of hydrazine groups is 1. The molecule has 0 radical (unpaired) electrons. The number of hydrogen-bond donors (Lipinski definition) is 2. The topological polar surface area (TPSA) is 126 Å². The van der Waals surface area contributed by atoms with Crippen molar-refractivity contribution in [1.29, 1.82) is 0 Å². The van der Waals surface area contributed by atoms with Crippen molar-refractivity contribution < 1.29 is 14.1 Å². The number of amides is 2. The molecule has 4 rings (SSSR count). The molecule has 1 saturated heterocycles. The summed E-state index contributed by atoms with van der Waals surface area (Å²) in [6, 6.07) is 5.56. The van der Waals surface area contributed by atoms with Crippen molar-refractivity contribution in [3.8, 4) is 11.5 Å². The number of hydrogen-bond acceptors (Lipinski definition) is 9. The second kappa shape index (κ2) is 9.75. The summed E-state index contributed by atoms with van der Waals surface area (Å²) < 4.78 is 5.44. The highest BCUT2D eigenvalue weighted by atomic mass is 32.1. The van der Waals surface area contributed by atoms with Crippen LogP contribution in [-0.4, -0.2) is 56.5 Å². The fraction of sp³-hybridized carbons (Fsp3) is 0.400. The van der Waals surface area contributed by atoms with Crippen molar-refractivity contribution in [2.45, 2.75) is 32.1 Å². The maximum absolute atomic E-state index is 12.2. The molecule has 10 nitrogen and oxygen atoms in total. The van der Waals surface area contributed by atoms with Gasteiger partial charge in [0.25, 0.3) is 5.91 Å². The largest absolute Gasteiger partial charge is 0.339 e. The minimum absolute atomic E-state index is 0.148. The van der Waals surface area contributed by atoms with E-state index in [1.165, 1.54) is 11.3 Å². The second-order valence-electron chi connectivity index (χ2n) is 7.38. The fourth-order valence-corrected chi connectivity index (χ4v) is 4.16. The van der Waals surface area contributed by atoms with E-state index in [-0.39, 0.29) is 30.7 Å². The van der Waals surface area contributed by atoms with Gasteiger partial charge in [-0.3, -0.25) is 30.3 Å². The lowest BCUT2D eigenvalue weighted by molar-refractivity contribution is -0.129. The van der Waals surface area contributed by atoms with E-state index >= 15 is 0 Å². The quantitative estimate of drug-likeness (QED) is 0.551. The summed E-state index contributed by atoms with van der Waals surface area (Å²) in [5, 5.41) is 6.64. The predicted octanol–water partition coefficient (Wildman–Crippen LogP) is 1.47. The van der Waals surface area contributed by atoms with Crippen molar-refractivity contribution in [3.63, 3.8) is 0 Å². The Kier molecular flexibility index (Phi) is 6.63. The summed E-state index contributed by atoms with van der Waals surface area (Å²) in [6.07, 6.45) is 3.46. The number of carbonyl (C=O) groups excluding carboxylic acids is 2. The number of nitrogens with zero attached hydrogens (tertiary/aromatic N) is 5. The zero-order chi connectivity index (χ0) is 21.6. The Morgan fingerprint density at radius 1 is 1.19 bits per heavy atom. The van der Waals surface area contributed by atoms with E-state index in [9.17, 15) is 9.59 Å². The van der Waals surface area contributed by atoms with E-state index in [2.05, 4.69) is 31.0 Å². The van der Waals surface area contributed by atoms with E-state index in [1.54, 1.807) is 6.20 Å². The van der Waals surface area contributed by atoms with Crippen LogP contribution < -0.4 is 10.9 Å². The second-order valence-corrected chi connectivity index (χ2v) is 8.32. The average Bonchev–Trinajstić information content (AvgIpc) is 3.43. The van der Waals surface area contributed by atoms with Crippen LogP contribution in [-0.2, 0) is 16.0 Å². The molecule has 0 atom stereocenters. The smallest absolute Gasteiger partial charge is 0.252 e. The number of pyridine rings is 1. The van der Waals surface area contributed by atoms with Gasteiger partial charge in [0.2, 0.25) is 17.6 Å². The first-order valence-electron chi connectivity index (χ1n) is 10.0. The van der Waals surface area contributed by atoms with Crippen LogP contribution in [0, 0.1) is 6.92 Å². The van der Waals surface area contributed by atoms with Gasteiger partial charge in [-0.15, -0.1) is 11.3 Å². The van der Waals surface area contributed by atoms with Crippen LogP contribution in [0.5, 0.6) is 0 Å². The number of rotatable bonds is 6. The Morgan fingerprint density at radius 2 is 2.00 bits per heavy atom. The van der Waals surface area contributed by atoms with Gasteiger partial charge in [-0.05, 0) is 45.0 Å². The molecule has 0 saturated carbocycles. The van der Waals surface area contributed by atoms with Gasteiger partial charge in [0.15, 0.2) is 0 Å². The Labute approximate surface area is 183 Å². The van der Waals surface area contributed by atoms with Crippen LogP contribution in [0.4, 0.5) is 0 Å². The van der Waals surface area contributed by atoms with Crippen LogP contribution in [0.25, 0.3) is 11.5 Å². The molecule has 162 valence electrons. The van der Waals surface area contributed by atoms with E-state index in [1.807, 2.05) is 35.4 Å². The summed E-state index contributed by atoms with van der Waals surface area (Å²) in [4.78, 5) is 39.1. The summed E-state index contributed by atoms with van der Waals surface area (Å²) in [5.41, 5.74) is 6.48. The SMILES string of the molecule is Cc1csc(CC(=O)NNC(=O)CN2CCC(c3nc(-c4ccccn4)no3)CC2)n1. The number of nitrogens with one attached hydrogen (secondary N) is 2. The molecule has 2 amide bonds. The van der Waals surface area contributed by atoms with Crippen molar-refractivity contribution in [2.24, 2.45) is 0 Å². The molecule has 0 bridgehead atoms. The van der Waals surface area contributed by atoms with E-state index in [0.717, 1.165) is 36.6 Å². The highest BCUT2D eigenvalue weighted by Gasteiger charge is 2.26. The fourth-order valence-electron chi connectivity index (χ4n) is 3.39. The lowest BCUT2D eigenvalue weighted by Gasteiger charge is -2.29. The monoisotopic (exact) mass is 441 g/mol. The third-order valence-corrected chi connectivity index (χ3v) is 5.93. The van der Waals surface area contributed by atoms with Crippen molar-refractivity contribution in [1.82, 2.24) is 35.9 Å². The van der Waals surface area contributed by atoms with Crippen LogP contribution in [0.3, 0.4) is 0 Å². The molecular weight excluding hydrogens is 418 g/mol. The molecule has 11 heteroatoms. The number of aryl methyl sites for hydroxylation is 1. The molecule has 3 aromatic rings. The van der Waals surface area contributed by atoms with Gasteiger partial charge in [-0.25, -0.2) is 4.98 Å². The summed E-state index contributed by atoms with van der Waals surface area (Å²) >= 11 is 1.43. The summed E-state index contributed by atoms with van der Waals surface area (Å²) in [7, 11) is 0. The van der Waals surface area contributed by atoms with Gasteiger partial charge in [-0.2, -0.15) is 4.98 Å². The molecule has 1 aliphatic heterocycles. The minimum atomic E-state index is -0.290. The van der Waals surface area contributed by atoms with E-state index < -0.39 is 0 Å². The maximum Gasteiger partial charge on any atom is 0.252 e.